The maximum atomic E-state index is 14.6. The van der Waals surface area contributed by atoms with Crippen molar-refractivity contribution in [3.05, 3.63) is 51.1 Å². The summed E-state index contributed by atoms with van der Waals surface area (Å²) in [7, 11) is 4.74. The number of anilines is 3. The summed E-state index contributed by atoms with van der Waals surface area (Å²) in [5, 5.41) is 25.6. The van der Waals surface area contributed by atoms with Crippen LogP contribution >= 0.6 is 22.9 Å². The lowest BCUT2D eigenvalue weighted by atomic mass is 9.87. The lowest BCUT2D eigenvalue weighted by Crippen LogP contribution is -2.46. The van der Waals surface area contributed by atoms with Crippen molar-refractivity contribution < 1.29 is 18.3 Å². The van der Waals surface area contributed by atoms with E-state index in [1.807, 2.05) is 9.80 Å². The van der Waals surface area contributed by atoms with Gasteiger partial charge in [-0.1, -0.05) is 17.7 Å². The standard InChI is InChI=1S/C28H26ClFN10O2S.C7H12FN/c1-37(2)27(41)22-21(29)19-13-38(7-4-8-40(19)36-22)25-17(10-32)26(35-28(34-25)42-3)39-11-14(12-39)15-5-6-18(30)23-20(15)16(9-31)24(33)43-23;8-6-4-7-2-1-3-9(7)5-6/h5-6,14H,4,7-8,11-13,33H2,1-3H3;6-7H,1-5H2. The van der Waals surface area contributed by atoms with Crippen molar-refractivity contribution in [2.75, 3.05) is 69.5 Å². The number of amides is 1. The fourth-order valence-corrected chi connectivity index (χ4v) is 8.85. The van der Waals surface area contributed by atoms with Gasteiger partial charge in [0.25, 0.3) is 5.91 Å². The van der Waals surface area contributed by atoms with Crippen LogP contribution < -0.4 is 20.3 Å². The van der Waals surface area contributed by atoms with E-state index in [1.165, 1.54) is 30.9 Å². The average Bonchev–Trinajstić information content (AvgIpc) is 3.82. The molecule has 4 aliphatic heterocycles. The SMILES string of the molecule is COc1nc(N2CCCn3nc(C(=O)N(C)C)c(Cl)c3C2)c(C#N)c(N2CC(c3ccc(F)c4sc(N)c(C#N)c34)C2)n1.FC1CC2CCCN2C1. The predicted molar refractivity (Wildman–Crippen MR) is 194 cm³/mol. The monoisotopic (exact) mass is 749 g/mol. The number of nitriles is 2. The van der Waals surface area contributed by atoms with Crippen LogP contribution in [0.1, 0.15) is 64.5 Å². The Morgan fingerprint density at radius 2 is 1.81 bits per heavy atom. The fourth-order valence-electron chi connectivity index (χ4n) is 7.62. The van der Waals surface area contributed by atoms with Crippen LogP contribution in [-0.2, 0) is 13.1 Å². The van der Waals surface area contributed by atoms with Crippen LogP contribution in [0.4, 0.5) is 25.4 Å². The number of halogens is 3. The van der Waals surface area contributed by atoms with E-state index in [-0.39, 0.29) is 51.2 Å². The van der Waals surface area contributed by atoms with Gasteiger partial charge in [-0.3, -0.25) is 14.4 Å². The van der Waals surface area contributed by atoms with Gasteiger partial charge in [-0.05, 0) is 43.9 Å². The lowest BCUT2D eigenvalue weighted by molar-refractivity contribution is 0.0821. The number of alkyl halides is 1. The Labute approximate surface area is 308 Å². The molecule has 52 heavy (non-hydrogen) atoms. The molecule has 0 spiro atoms. The second kappa shape index (κ2) is 14.3. The van der Waals surface area contributed by atoms with Gasteiger partial charge in [0, 0.05) is 64.2 Å². The summed E-state index contributed by atoms with van der Waals surface area (Å²) < 4.78 is 34.7. The van der Waals surface area contributed by atoms with Gasteiger partial charge in [-0.2, -0.15) is 25.6 Å². The molecular weight excluding hydrogens is 712 g/mol. The molecule has 2 unspecified atom stereocenters. The second-order valence-electron chi connectivity index (χ2n) is 13.7. The first-order valence-corrected chi connectivity index (χ1v) is 18.3. The minimum atomic E-state index is -0.518. The van der Waals surface area contributed by atoms with Crippen LogP contribution in [0.3, 0.4) is 0 Å². The number of methoxy groups -OCH3 is 1. The van der Waals surface area contributed by atoms with Gasteiger partial charge >= 0.3 is 6.01 Å². The smallest absolute Gasteiger partial charge is 0.320 e. The summed E-state index contributed by atoms with van der Waals surface area (Å²) >= 11 is 7.73. The predicted octanol–water partition coefficient (Wildman–Crippen LogP) is 4.92. The molecule has 2 atom stereocenters. The van der Waals surface area contributed by atoms with Crippen molar-refractivity contribution in [1.82, 2.24) is 29.5 Å². The van der Waals surface area contributed by atoms with E-state index in [0.29, 0.717) is 72.6 Å². The van der Waals surface area contributed by atoms with Crippen LogP contribution in [0, 0.1) is 28.5 Å². The number of nitrogens with zero attached hydrogens (tertiary/aromatic N) is 10. The molecule has 3 saturated heterocycles. The molecule has 7 heterocycles. The molecule has 0 saturated carbocycles. The van der Waals surface area contributed by atoms with Crippen LogP contribution in [0.5, 0.6) is 6.01 Å². The molecule has 0 aliphatic carbocycles. The molecule has 1 aromatic carbocycles. The van der Waals surface area contributed by atoms with Crippen molar-refractivity contribution >= 4 is 55.6 Å². The summed E-state index contributed by atoms with van der Waals surface area (Å²) in [6.45, 7) is 4.18. The first kappa shape index (κ1) is 35.6. The Hall–Kier alpha value is -4.77. The normalized spacial score (nSPS) is 19.9. The Morgan fingerprint density at radius 1 is 1.08 bits per heavy atom. The van der Waals surface area contributed by atoms with E-state index in [1.54, 1.807) is 24.8 Å². The number of hydrogen-bond acceptors (Lipinski definition) is 12. The number of carbonyl (C=O) groups is 1. The zero-order valence-corrected chi connectivity index (χ0v) is 30.6. The van der Waals surface area contributed by atoms with E-state index in [4.69, 9.17) is 22.1 Å². The highest BCUT2D eigenvalue weighted by Gasteiger charge is 2.37. The summed E-state index contributed by atoms with van der Waals surface area (Å²) in [6.07, 6.45) is 3.48. The summed E-state index contributed by atoms with van der Waals surface area (Å²) in [6, 6.07) is 8.21. The van der Waals surface area contributed by atoms with Gasteiger partial charge < -0.3 is 25.2 Å². The number of nitrogen functional groups attached to an aromatic ring is 1. The molecule has 1 amide bonds. The average molecular weight is 750 g/mol. The molecule has 3 aromatic heterocycles. The number of rotatable bonds is 5. The van der Waals surface area contributed by atoms with Gasteiger partial charge in [0.1, 0.15) is 34.7 Å². The zero-order chi connectivity index (χ0) is 36.8. The summed E-state index contributed by atoms with van der Waals surface area (Å²) in [4.78, 5) is 29.3. The van der Waals surface area contributed by atoms with Gasteiger partial charge in [-0.25, -0.2) is 8.78 Å². The molecular formula is C35H38ClF2N11O2S. The molecule has 2 N–H and O–H groups in total. The number of ether oxygens (including phenoxy) is 1. The van der Waals surface area contributed by atoms with E-state index in [2.05, 4.69) is 32.1 Å². The molecule has 17 heteroatoms. The number of hydrogen-bond donors (Lipinski definition) is 1. The fraction of sp³-hybridized carbons (Fsp3) is 0.486. The summed E-state index contributed by atoms with van der Waals surface area (Å²) in [5.74, 6) is 0.0529. The number of aromatic nitrogens is 4. The number of carbonyl (C=O) groups excluding carboxylic acids is 1. The topological polar surface area (TPSA) is 156 Å². The Balaban J connectivity index is 0.000000404. The summed E-state index contributed by atoms with van der Waals surface area (Å²) in [5.41, 5.74) is 8.25. The third-order valence-electron chi connectivity index (χ3n) is 10.2. The van der Waals surface area contributed by atoms with Gasteiger partial charge in [0.05, 0.1) is 34.6 Å². The third kappa shape index (κ3) is 6.33. The highest BCUT2D eigenvalue weighted by molar-refractivity contribution is 7.23. The number of fused-ring (bicyclic) bond motifs is 3. The molecule has 13 nitrogen and oxygen atoms in total. The Kier molecular flexibility index (Phi) is 9.82. The largest absolute Gasteiger partial charge is 0.467 e. The number of thiophene rings is 1. The Bertz CT molecular complexity index is 2110. The van der Waals surface area contributed by atoms with Gasteiger partial charge in [0.15, 0.2) is 17.3 Å². The molecule has 4 aromatic rings. The molecule has 0 bridgehead atoms. The highest BCUT2D eigenvalue weighted by Crippen LogP contribution is 2.43. The van der Waals surface area contributed by atoms with Crippen molar-refractivity contribution in [1.29, 1.82) is 10.5 Å². The minimum Gasteiger partial charge on any atom is -0.467 e. The Morgan fingerprint density at radius 3 is 2.48 bits per heavy atom. The van der Waals surface area contributed by atoms with Crippen molar-refractivity contribution in [3.63, 3.8) is 0 Å². The lowest BCUT2D eigenvalue weighted by Gasteiger charge is -2.41. The number of benzene rings is 1. The minimum absolute atomic E-state index is 0.0425. The van der Waals surface area contributed by atoms with E-state index < -0.39 is 12.0 Å². The first-order chi connectivity index (χ1) is 25.0. The van der Waals surface area contributed by atoms with Crippen molar-refractivity contribution in [2.24, 2.45) is 0 Å². The van der Waals surface area contributed by atoms with Crippen molar-refractivity contribution in [3.8, 4) is 18.1 Å². The quantitative estimate of drug-likeness (QED) is 0.296. The maximum absolute atomic E-state index is 14.6. The number of nitrogens with two attached hydrogens (primary N) is 1. The molecule has 3 fully saturated rings. The number of aryl methyl sites for hydroxylation is 1. The van der Waals surface area contributed by atoms with Crippen LogP contribution in [-0.4, -0.2) is 102 Å². The first-order valence-electron chi connectivity index (χ1n) is 17.1. The van der Waals surface area contributed by atoms with Crippen LogP contribution in [0.2, 0.25) is 5.02 Å². The van der Waals surface area contributed by atoms with Crippen molar-refractivity contribution in [2.45, 2.75) is 56.9 Å². The molecule has 4 aliphatic rings. The van der Waals surface area contributed by atoms with E-state index in [9.17, 15) is 24.1 Å². The van der Waals surface area contributed by atoms with E-state index >= 15 is 0 Å². The van der Waals surface area contributed by atoms with Gasteiger partial charge in [0.2, 0.25) is 0 Å². The molecule has 0 radical (unpaired) electrons. The van der Waals surface area contributed by atoms with Crippen LogP contribution in [0.25, 0.3) is 10.1 Å². The zero-order valence-electron chi connectivity index (χ0n) is 29.1. The maximum Gasteiger partial charge on any atom is 0.320 e. The van der Waals surface area contributed by atoms with Crippen LogP contribution in [0.15, 0.2) is 12.1 Å². The van der Waals surface area contributed by atoms with E-state index in [0.717, 1.165) is 29.9 Å². The highest BCUT2D eigenvalue weighted by atomic mass is 35.5. The van der Waals surface area contributed by atoms with Gasteiger partial charge in [-0.15, -0.1) is 11.3 Å². The third-order valence-corrected chi connectivity index (χ3v) is 11.7. The molecule has 8 rings (SSSR count). The second-order valence-corrected chi connectivity index (χ2v) is 15.1. The molecule has 272 valence electrons.